The van der Waals surface area contributed by atoms with Crippen molar-refractivity contribution in [2.75, 3.05) is 26.2 Å². The molecule has 26 heavy (non-hydrogen) atoms. The average molecular weight is 432 g/mol. The first-order valence-corrected chi connectivity index (χ1v) is 10.1. The molecule has 4 rings (SSSR count). The van der Waals surface area contributed by atoms with Crippen LogP contribution in [0.15, 0.2) is 56.8 Å². The number of hydrogen-bond acceptors (Lipinski definition) is 5. The van der Waals surface area contributed by atoms with Gasteiger partial charge in [0.2, 0.25) is 0 Å². The molecule has 5 nitrogen and oxygen atoms in total. The molecule has 1 fully saturated rings. The second kappa shape index (κ2) is 7.73. The van der Waals surface area contributed by atoms with Crippen LogP contribution in [0.1, 0.15) is 15.4 Å². The molecule has 1 aliphatic heterocycles. The molecular weight excluding hydrogens is 414 g/mol. The van der Waals surface area contributed by atoms with E-state index in [1.54, 1.807) is 17.4 Å². The highest BCUT2D eigenvalue weighted by Crippen LogP contribution is 2.24. The molecule has 7 heteroatoms. The van der Waals surface area contributed by atoms with Gasteiger partial charge in [0, 0.05) is 49.2 Å². The van der Waals surface area contributed by atoms with Gasteiger partial charge < -0.3 is 9.42 Å². The summed E-state index contributed by atoms with van der Waals surface area (Å²) in [6.45, 7) is 4.08. The number of amides is 1. The molecule has 0 aliphatic carbocycles. The molecule has 0 N–H and O–H groups in total. The van der Waals surface area contributed by atoms with Crippen molar-refractivity contribution >= 4 is 33.2 Å². The number of carbonyl (C=O) groups is 1. The fourth-order valence-corrected chi connectivity index (χ4v) is 4.57. The zero-order valence-corrected chi connectivity index (χ0v) is 16.5. The number of rotatable bonds is 4. The first-order valence-electron chi connectivity index (χ1n) is 8.47. The number of hydrogen-bond donors (Lipinski definition) is 0. The van der Waals surface area contributed by atoms with Crippen molar-refractivity contribution < 1.29 is 9.32 Å². The molecule has 3 heterocycles. The summed E-state index contributed by atoms with van der Waals surface area (Å²) in [5.74, 6) is 0.560. The topological polar surface area (TPSA) is 49.6 Å². The minimum absolute atomic E-state index is 0.0607. The van der Waals surface area contributed by atoms with Gasteiger partial charge in [0.05, 0.1) is 3.79 Å². The van der Waals surface area contributed by atoms with Gasteiger partial charge in [-0.25, -0.2) is 0 Å². The monoisotopic (exact) mass is 431 g/mol. The van der Waals surface area contributed by atoms with Gasteiger partial charge in [-0.1, -0.05) is 35.5 Å². The highest BCUT2D eigenvalue weighted by molar-refractivity contribution is 9.11. The molecule has 1 amide bonds. The van der Waals surface area contributed by atoms with Crippen LogP contribution in [-0.2, 0) is 6.54 Å². The van der Waals surface area contributed by atoms with Crippen LogP contribution in [-0.4, -0.2) is 47.0 Å². The third kappa shape index (κ3) is 3.90. The van der Waals surface area contributed by atoms with Crippen molar-refractivity contribution in [1.29, 1.82) is 0 Å². The van der Waals surface area contributed by atoms with E-state index in [2.05, 4.69) is 38.1 Å². The van der Waals surface area contributed by atoms with Crippen LogP contribution in [0.4, 0.5) is 0 Å². The number of nitrogens with zero attached hydrogens (tertiary/aromatic N) is 3. The number of piperazine rings is 1. The fraction of sp³-hybridized carbons (Fsp3) is 0.263. The lowest BCUT2D eigenvalue weighted by Crippen LogP contribution is -2.48. The molecule has 0 atom stereocenters. The van der Waals surface area contributed by atoms with E-state index in [0.717, 1.165) is 29.0 Å². The molecule has 1 saturated heterocycles. The Morgan fingerprint density at radius 3 is 2.58 bits per heavy atom. The maximum absolute atomic E-state index is 12.7. The van der Waals surface area contributed by atoms with Crippen molar-refractivity contribution in [3.63, 3.8) is 0 Å². The van der Waals surface area contributed by atoms with Crippen LogP contribution < -0.4 is 0 Å². The van der Waals surface area contributed by atoms with E-state index in [1.165, 1.54) is 4.88 Å². The maximum Gasteiger partial charge on any atom is 0.276 e. The lowest BCUT2D eigenvalue weighted by atomic mass is 10.1. The van der Waals surface area contributed by atoms with Gasteiger partial charge in [-0.2, -0.15) is 0 Å². The summed E-state index contributed by atoms with van der Waals surface area (Å²) < 4.78 is 6.51. The van der Waals surface area contributed by atoms with E-state index >= 15 is 0 Å². The molecule has 0 saturated carbocycles. The third-order valence-electron chi connectivity index (χ3n) is 4.46. The number of aromatic nitrogens is 1. The molecule has 0 spiro atoms. The van der Waals surface area contributed by atoms with Gasteiger partial charge in [-0.05, 0) is 28.1 Å². The molecule has 0 radical (unpaired) electrons. The van der Waals surface area contributed by atoms with E-state index in [0.29, 0.717) is 24.5 Å². The fourth-order valence-electron chi connectivity index (χ4n) is 3.04. The highest BCUT2D eigenvalue weighted by Gasteiger charge is 2.25. The standard InChI is InChI=1S/C19H18BrN3O2S/c20-18-7-6-15(26-18)13-22-8-10-23(11-9-22)19(24)16-12-17(25-21-16)14-4-2-1-3-5-14/h1-7,12H,8-11,13H2. The van der Waals surface area contributed by atoms with Gasteiger partial charge in [-0.15, -0.1) is 11.3 Å². The Morgan fingerprint density at radius 1 is 1.12 bits per heavy atom. The van der Waals surface area contributed by atoms with E-state index in [9.17, 15) is 4.79 Å². The van der Waals surface area contributed by atoms with Crippen LogP contribution in [0.5, 0.6) is 0 Å². The quantitative estimate of drug-likeness (QED) is 0.623. The van der Waals surface area contributed by atoms with E-state index < -0.39 is 0 Å². The van der Waals surface area contributed by atoms with E-state index in [4.69, 9.17) is 4.52 Å². The predicted octanol–water partition coefficient (Wildman–Crippen LogP) is 4.12. The highest BCUT2D eigenvalue weighted by atomic mass is 79.9. The lowest BCUT2D eigenvalue weighted by molar-refractivity contribution is 0.0619. The zero-order chi connectivity index (χ0) is 17.9. The summed E-state index contributed by atoms with van der Waals surface area (Å²) >= 11 is 5.26. The maximum atomic E-state index is 12.7. The second-order valence-corrected chi connectivity index (χ2v) is 8.76. The van der Waals surface area contributed by atoms with Gasteiger partial charge in [0.15, 0.2) is 11.5 Å². The van der Waals surface area contributed by atoms with Crippen LogP contribution in [0.25, 0.3) is 11.3 Å². The van der Waals surface area contributed by atoms with Gasteiger partial charge in [0.25, 0.3) is 5.91 Å². The first-order chi connectivity index (χ1) is 12.7. The Balaban J connectivity index is 1.36. The van der Waals surface area contributed by atoms with Gasteiger partial charge in [-0.3, -0.25) is 9.69 Å². The Hall–Kier alpha value is -1.96. The minimum Gasteiger partial charge on any atom is -0.355 e. The lowest BCUT2D eigenvalue weighted by Gasteiger charge is -2.34. The molecule has 2 aromatic heterocycles. The van der Waals surface area contributed by atoms with Crippen molar-refractivity contribution in [1.82, 2.24) is 15.0 Å². The number of benzene rings is 1. The summed E-state index contributed by atoms with van der Waals surface area (Å²) in [4.78, 5) is 18.3. The third-order valence-corrected chi connectivity index (χ3v) is 6.06. The summed E-state index contributed by atoms with van der Waals surface area (Å²) in [6.07, 6.45) is 0. The molecular formula is C19H18BrN3O2S. The molecule has 1 aromatic carbocycles. The van der Waals surface area contributed by atoms with Crippen LogP contribution in [0.2, 0.25) is 0 Å². The molecule has 3 aromatic rings. The number of thiophene rings is 1. The van der Waals surface area contributed by atoms with Crippen molar-refractivity contribution in [2.24, 2.45) is 0 Å². The van der Waals surface area contributed by atoms with Crippen molar-refractivity contribution in [3.8, 4) is 11.3 Å². The Labute approximate surface area is 164 Å². The van der Waals surface area contributed by atoms with Crippen LogP contribution in [0, 0.1) is 0 Å². The smallest absolute Gasteiger partial charge is 0.276 e. The van der Waals surface area contributed by atoms with Gasteiger partial charge in [0.1, 0.15) is 0 Å². The minimum atomic E-state index is -0.0607. The molecule has 134 valence electrons. The predicted molar refractivity (Wildman–Crippen MR) is 105 cm³/mol. The van der Waals surface area contributed by atoms with Crippen LogP contribution >= 0.6 is 27.3 Å². The summed E-state index contributed by atoms with van der Waals surface area (Å²) in [7, 11) is 0. The number of halogens is 1. The van der Waals surface area contributed by atoms with E-state index in [1.807, 2.05) is 35.2 Å². The Bertz CT molecular complexity index is 885. The Kier molecular flexibility index (Phi) is 5.19. The van der Waals surface area contributed by atoms with Gasteiger partial charge >= 0.3 is 0 Å². The van der Waals surface area contributed by atoms with Crippen molar-refractivity contribution in [2.45, 2.75) is 6.54 Å². The Morgan fingerprint density at radius 2 is 1.88 bits per heavy atom. The summed E-state index contributed by atoms with van der Waals surface area (Å²) in [5, 5.41) is 3.97. The zero-order valence-electron chi connectivity index (χ0n) is 14.1. The van der Waals surface area contributed by atoms with Crippen molar-refractivity contribution in [3.05, 3.63) is 62.9 Å². The summed E-state index contributed by atoms with van der Waals surface area (Å²) in [6, 6.07) is 15.7. The average Bonchev–Trinajstić information content (AvgIpc) is 3.32. The largest absolute Gasteiger partial charge is 0.355 e. The summed E-state index contributed by atoms with van der Waals surface area (Å²) in [5.41, 5.74) is 1.30. The molecule has 0 unspecified atom stereocenters. The van der Waals surface area contributed by atoms with Crippen LogP contribution in [0.3, 0.4) is 0 Å². The molecule has 1 aliphatic rings. The molecule has 0 bridgehead atoms. The normalized spacial score (nSPS) is 15.3. The first kappa shape index (κ1) is 17.5. The number of carbonyl (C=O) groups excluding carboxylic acids is 1. The second-order valence-electron chi connectivity index (χ2n) is 6.22. The van der Waals surface area contributed by atoms with E-state index in [-0.39, 0.29) is 5.91 Å². The SMILES string of the molecule is O=C(c1cc(-c2ccccc2)on1)N1CCN(Cc2ccc(Br)s2)CC1.